The standard InChI is InChI=1S/C12H22N2O/c13-8-11-3-1-2-6-14(9-11)12(15)7-10-4-5-10/h10-11H,1-9,13H2. The highest BCUT2D eigenvalue weighted by molar-refractivity contribution is 5.76. The Balaban J connectivity index is 1.84. The fourth-order valence-electron chi connectivity index (χ4n) is 2.35. The molecule has 1 saturated heterocycles. The summed E-state index contributed by atoms with van der Waals surface area (Å²) < 4.78 is 0. The van der Waals surface area contributed by atoms with Gasteiger partial charge in [0.25, 0.3) is 0 Å². The second kappa shape index (κ2) is 4.97. The number of carbonyl (C=O) groups excluding carboxylic acids is 1. The maximum Gasteiger partial charge on any atom is 0.222 e. The van der Waals surface area contributed by atoms with Gasteiger partial charge >= 0.3 is 0 Å². The largest absolute Gasteiger partial charge is 0.342 e. The Morgan fingerprint density at radius 3 is 2.67 bits per heavy atom. The zero-order valence-electron chi connectivity index (χ0n) is 9.45. The van der Waals surface area contributed by atoms with Gasteiger partial charge in [-0.15, -0.1) is 0 Å². The highest BCUT2D eigenvalue weighted by atomic mass is 16.2. The van der Waals surface area contributed by atoms with Gasteiger partial charge in [0.15, 0.2) is 0 Å². The Morgan fingerprint density at radius 2 is 2.00 bits per heavy atom. The summed E-state index contributed by atoms with van der Waals surface area (Å²) in [5, 5.41) is 0. The van der Waals surface area contributed by atoms with Crippen LogP contribution >= 0.6 is 0 Å². The van der Waals surface area contributed by atoms with Crippen molar-refractivity contribution in [1.29, 1.82) is 0 Å². The summed E-state index contributed by atoms with van der Waals surface area (Å²) in [5.74, 6) is 1.62. The molecule has 3 nitrogen and oxygen atoms in total. The van der Waals surface area contributed by atoms with Crippen molar-refractivity contribution in [2.24, 2.45) is 17.6 Å². The second-order valence-electron chi connectivity index (χ2n) is 5.08. The fourth-order valence-corrected chi connectivity index (χ4v) is 2.35. The predicted molar refractivity (Wildman–Crippen MR) is 60.3 cm³/mol. The second-order valence-corrected chi connectivity index (χ2v) is 5.08. The fraction of sp³-hybridized carbons (Fsp3) is 0.917. The Labute approximate surface area is 92.0 Å². The monoisotopic (exact) mass is 210 g/mol. The summed E-state index contributed by atoms with van der Waals surface area (Å²) in [6, 6.07) is 0. The van der Waals surface area contributed by atoms with Crippen LogP contribution < -0.4 is 5.73 Å². The SMILES string of the molecule is NCC1CCCCN(C(=O)CC2CC2)C1. The lowest BCUT2D eigenvalue weighted by Gasteiger charge is -2.23. The molecule has 0 aromatic heterocycles. The molecule has 2 rings (SSSR count). The van der Waals surface area contributed by atoms with Crippen LogP contribution in [0.1, 0.15) is 38.5 Å². The van der Waals surface area contributed by atoms with Gasteiger partial charge in [0.2, 0.25) is 5.91 Å². The molecule has 1 saturated carbocycles. The summed E-state index contributed by atoms with van der Waals surface area (Å²) >= 11 is 0. The average Bonchev–Trinajstić information content (AvgIpc) is 3.02. The summed E-state index contributed by atoms with van der Waals surface area (Å²) in [4.78, 5) is 14.0. The third-order valence-corrected chi connectivity index (χ3v) is 3.62. The highest BCUT2D eigenvalue weighted by Crippen LogP contribution is 2.33. The summed E-state index contributed by atoms with van der Waals surface area (Å²) in [7, 11) is 0. The first-order chi connectivity index (χ1) is 7.29. The third kappa shape index (κ3) is 3.20. The van der Waals surface area contributed by atoms with E-state index >= 15 is 0 Å². The van der Waals surface area contributed by atoms with Gasteiger partial charge in [0, 0.05) is 19.5 Å². The Kier molecular flexibility index (Phi) is 3.62. The lowest BCUT2D eigenvalue weighted by atomic mass is 10.0. The minimum atomic E-state index is 0.373. The Morgan fingerprint density at radius 1 is 1.20 bits per heavy atom. The molecule has 1 aliphatic carbocycles. The van der Waals surface area contributed by atoms with Crippen molar-refractivity contribution in [3.8, 4) is 0 Å². The van der Waals surface area contributed by atoms with E-state index in [1.54, 1.807) is 0 Å². The molecular weight excluding hydrogens is 188 g/mol. The van der Waals surface area contributed by atoms with Gasteiger partial charge in [-0.25, -0.2) is 0 Å². The Hall–Kier alpha value is -0.570. The van der Waals surface area contributed by atoms with Crippen LogP contribution in [0.2, 0.25) is 0 Å². The number of rotatable bonds is 3. The van der Waals surface area contributed by atoms with Gasteiger partial charge < -0.3 is 10.6 Å². The molecule has 3 heteroatoms. The molecule has 0 spiro atoms. The van der Waals surface area contributed by atoms with Crippen LogP contribution in [0, 0.1) is 11.8 Å². The van der Waals surface area contributed by atoms with Crippen molar-refractivity contribution in [2.45, 2.75) is 38.5 Å². The highest BCUT2D eigenvalue weighted by Gasteiger charge is 2.28. The van der Waals surface area contributed by atoms with Crippen molar-refractivity contribution in [3.63, 3.8) is 0 Å². The van der Waals surface area contributed by atoms with Gasteiger partial charge in [0.1, 0.15) is 0 Å². The van der Waals surface area contributed by atoms with Crippen molar-refractivity contribution >= 4 is 5.91 Å². The van der Waals surface area contributed by atoms with Gasteiger partial charge in [-0.2, -0.15) is 0 Å². The van der Waals surface area contributed by atoms with Gasteiger partial charge in [-0.1, -0.05) is 6.42 Å². The van der Waals surface area contributed by atoms with Crippen LogP contribution in [-0.2, 0) is 4.79 Å². The van der Waals surface area contributed by atoms with Crippen molar-refractivity contribution < 1.29 is 4.79 Å². The van der Waals surface area contributed by atoms with Crippen molar-refractivity contribution in [1.82, 2.24) is 4.90 Å². The molecule has 1 amide bonds. The molecule has 2 aliphatic rings. The predicted octanol–water partition coefficient (Wildman–Crippen LogP) is 1.37. The first kappa shape index (κ1) is 10.9. The van der Waals surface area contributed by atoms with Gasteiger partial charge in [0.05, 0.1) is 0 Å². The number of nitrogens with zero attached hydrogens (tertiary/aromatic N) is 1. The minimum Gasteiger partial charge on any atom is -0.342 e. The molecule has 2 fully saturated rings. The maximum absolute atomic E-state index is 11.9. The summed E-state index contributed by atoms with van der Waals surface area (Å²) in [6.45, 7) is 2.59. The normalized spacial score (nSPS) is 27.5. The van der Waals surface area contributed by atoms with E-state index in [4.69, 9.17) is 5.73 Å². The number of nitrogens with two attached hydrogens (primary N) is 1. The van der Waals surface area contributed by atoms with Crippen LogP contribution in [0.3, 0.4) is 0 Å². The van der Waals surface area contributed by atoms with Gasteiger partial charge in [-0.3, -0.25) is 4.79 Å². The molecule has 2 N–H and O–H groups in total. The molecular formula is C12H22N2O. The van der Waals surface area contributed by atoms with Crippen LogP contribution in [0.5, 0.6) is 0 Å². The van der Waals surface area contributed by atoms with Crippen LogP contribution in [-0.4, -0.2) is 30.4 Å². The summed E-state index contributed by atoms with van der Waals surface area (Å²) in [5.41, 5.74) is 5.71. The van der Waals surface area contributed by atoms with E-state index in [0.717, 1.165) is 32.5 Å². The molecule has 0 bridgehead atoms. The number of carbonyl (C=O) groups is 1. The average molecular weight is 210 g/mol. The molecule has 1 heterocycles. The maximum atomic E-state index is 11.9. The van der Waals surface area contributed by atoms with Crippen LogP contribution in [0.15, 0.2) is 0 Å². The topological polar surface area (TPSA) is 46.3 Å². The van der Waals surface area contributed by atoms with E-state index in [9.17, 15) is 4.79 Å². The molecule has 0 aromatic rings. The quantitative estimate of drug-likeness (QED) is 0.765. The lowest BCUT2D eigenvalue weighted by Crippen LogP contribution is -2.36. The zero-order chi connectivity index (χ0) is 10.7. The molecule has 1 unspecified atom stereocenters. The molecule has 0 radical (unpaired) electrons. The van der Waals surface area contributed by atoms with E-state index < -0.39 is 0 Å². The third-order valence-electron chi connectivity index (χ3n) is 3.62. The van der Waals surface area contributed by atoms with E-state index in [-0.39, 0.29) is 0 Å². The van der Waals surface area contributed by atoms with E-state index in [0.29, 0.717) is 17.7 Å². The number of hydrogen-bond donors (Lipinski definition) is 1. The molecule has 1 atom stereocenters. The molecule has 0 aromatic carbocycles. The minimum absolute atomic E-state index is 0.373. The first-order valence-corrected chi connectivity index (χ1v) is 6.27. The molecule has 1 aliphatic heterocycles. The van der Waals surface area contributed by atoms with Crippen LogP contribution in [0.25, 0.3) is 0 Å². The van der Waals surface area contributed by atoms with Crippen molar-refractivity contribution in [3.05, 3.63) is 0 Å². The zero-order valence-corrected chi connectivity index (χ0v) is 9.45. The first-order valence-electron chi connectivity index (χ1n) is 6.27. The number of amides is 1. The van der Waals surface area contributed by atoms with E-state index in [1.807, 2.05) is 0 Å². The molecule has 15 heavy (non-hydrogen) atoms. The smallest absolute Gasteiger partial charge is 0.222 e. The van der Waals surface area contributed by atoms with E-state index in [1.165, 1.54) is 25.7 Å². The van der Waals surface area contributed by atoms with Crippen molar-refractivity contribution in [2.75, 3.05) is 19.6 Å². The van der Waals surface area contributed by atoms with Crippen LogP contribution in [0.4, 0.5) is 0 Å². The number of likely N-dealkylation sites (tertiary alicyclic amines) is 1. The summed E-state index contributed by atoms with van der Waals surface area (Å²) in [6.07, 6.45) is 6.91. The van der Waals surface area contributed by atoms with E-state index in [2.05, 4.69) is 4.90 Å². The lowest BCUT2D eigenvalue weighted by molar-refractivity contribution is -0.131. The molecule has 86 valence electrons. The Bertz CT molecular complexity index is 226. The number of hydrogen-bond acceptors (Lipinski definition) is 2. The van der Waals surface area contributed by atoms with Gasteiger partial charge in [-0.05, 0) is 44.1 Å².